The van der Waals surface area contributed by atoms with Gasteiger partial charge in [0.2, 0.25) is 0 Å². The summed E-state index contributed by atoms with van der Waals surface area (Å²) in [5, 5.41) is 23.4. The highest BCUT2D eigenvalue weighted by molar-refractivity contribution is 7.66. The molecule has 2 aromatic rings. The topological polar surface area (TPSA) is 40.5 Å². The molecule has 4 unspecified atom stereocenters. The van der Waals surface area contributed by atoms with E-state index in [1.165, 1.54) is 21.3 Å². The molecule has 0 amide bonds. The van der Waals surface area contributed by atoms with Crippen LogP contribution in [0.2, 0.25) is 0 Å². The van der Waals surface area contributed by atoms with E-state index >= 15 is 0 Å². The fourth-order valence-corrected chi connectivity index (χ4v) is 7.74. The van der Waals surface area contributed by atoms with Crippen LogP contribution in [0.1, 0.15) is 42.2 Å². The molecule has 0 bridgehead atoms. The van der Waals surface area contributed by atoms with Crippen LogP contribution in [-0.4, -0.2) is 35.2 Å². The highest BCUT2D eigenvalue weighted by Gasteiger charge is 2.32. The minimum absolute atomic E-state index is 0.205. The van der Waals surface area contributed by atoms with Crippen LogP contribution < -0.4 is 5.30 Å². The minimum Gasteiger partial charge on any atom is -0.396 e. The Labute approximate surface area is 156 Å². The van der Waals surface area contributed by atoms with E-state index in [1.54, 1.807) is 0 Å². The van der Waals surface area contributed by atoms with E-state index in [0.29, 0.717) is 5.66 Å². The lowest BCUT2D eigenvalue weighted by atomic mass is 9.87. The Bertz CT molecular complexity index is 667. The van der Waals surface area contributed by atoms with Gasteiger partial charge in [-0.2, -0.15) is 0 Å². The molecule has 0 saturated heterocycles. The van der Waals surface area contributed by atoms with E-state index in [2.05, 4.69) is 49.3 Å². The second kappa shape index (κ2) is 8.77. The number of aliphatic hydroxyl groups is 2. The van der Waals surface area contributed by atoms with E-state index < -0.39 is 0 Å². The molecule has 1 heterocycles. The summed E-state index contributed by atoms with van der Waals surface area (Å²) < 4.78 is 0. The largest absolute Gasteiger partial charge is 0.396 e. The van der Waals surface area contributed by atoms with Crippen LogP contribution in [0, 0.1) is 5.92 Å². The quantitative estimate of drug-likeness (QED) is 0.743. The van der Waals surface area contributed by atoms with Crippen LogP contribution in [0.25, 0.3) is 0 Å². The summed E-state index contributed by atoms with van der Waals surface area (Å²) in [6, 6.07) is 11.3. The number of rotatable bonds is 6. The number of hydrogen-bond donors (Lipinski definition) is 2. The Balaban J connectivity index is 1.73. The third-order valence-electron chi connectivity index (χ3n) is 5.46. The molecule has 1 aromatic carbocycles. The predicted octanol–water partition coefficient (Wildman–Crippen LogP) is 4.16. The Morgan fingerprint density at radius 3 is 2.48 bits per heavy atom. The van der Waals surface area contributed by atoms with Crippen molar-refractivity contribution in [1.29, 1.82) is 0 Å². The summed E-state index contributed by atoms with van der Waals surface area (Å²) in [7, 11) is -0.303. The first-order valence-corrected chi connectivity index (χ1v) is 12.0. The number of aliphatic hydroxyl groups excluding tert-OH is 2. The molecule has 1 aliphatic carbocycles. The molecule has 2 N–H and O–H groups in total. The lowest BCUT2D eigenvalue weighted by molar-refractivity contribution is 0.0781. The van der Waals surface area contributed by atoms with Gasteiger partial charge in [0.15, 0.2) is 0 Å². The summed E-state index contributed by atoms with van der Waals surface area (Å²) in [4.78, 5) is 1.47. The van der Waals surface area contributed by atoms with E-state index in [-0.39, 0.29) is 26.6 Å². The molecular formula is C21H29O2PS. The lowest BCUT2D eigenvalue weighted by Gasteiger charge is -2.35. The molecule has 0 aliphatic heterocycles. The minimum atomic E-state index is -0.303. The highest BCUT2D eigenvalue weighted by Crippen LogP contribution is 2.47. The van der Waals surface area contributed by atoms with E-state index in [1.807, 2.05) is 11.3 Å². The Morgan fingerprint density at radius 1 is 1.08 bits per heavy atom. The average molecular weight is 377 g/mol. The Morgan fingerprint density at radius 2 is 1.80 bits per heavy atom. The van der Waals surface area contributed by atoms with Crippen molar-refractivity contribution in [2.45, 2.75) is 50.8 Å². The summed E-state index contributed by atoms with van der Waals surface area (Å²) >= 11 is 1.86. The zero-order chi connectivity index (χ0) is 17.8. The molecule has 0 radical (unpaired) electrons. The first-order valence-electron chi connectivity index (χ1n) is 9.26. The highest BCUT2D eigenvalue weighted by atomic mass is 32.1. The van der Waals surface area contributed by atoms with Crippen LogP contribution in [-0.2, 0) is 12.8 Å². The van der Waals surface area contributed by atoms with Crippen LogP contribution in [0.3, 0.4) is 0 Å². The van der Waals surface area contributed by atoms with E-state index in [9.17, 15) is 10.2 Å². The maximum absolute atomic E-state index is 10.2. The van der Waals surface area contributed by atoms with Gasteiger partial charge in [-0.15, -0.1) is 11.3 Å². The third kappa shape index (κ3) is 4.71. The van der Waals surface area contributed by atoms with Crippen LogP contribution >= 0.6 is 19.3 Å². The van der Waals surface area contributed by atoms with Gasteiger partial charge in [0.1, 0.15) is 0 Å². The molecule has 4 atom stereocenters. The van der Waals surface area contributed by atoms with E-state index in [0.717, 1.165) is 32.1 Å². The molecular weight excluding hydrogens is 347 g/mol. The summed E-state index contributed by atoms with van der Waals surface area (Å²) in [5.74, 6) is 0.266. The maximum Gasteiger partial charge on any atom is 0.0549 e. The van der Waals surface area contributed by atoms with E-state index in [4.69, 9.17) is 0 Å². The fourth-order valence-electron chi connectivity index (χ4n) is 3.89. The van der Waals surface area contributed by atoms with Crippen molar-refractivity contribution < 1.29 is 10.2 Å². The van der Waals surface area contributed by atoms with Gasteiger partial charge in [0.25, 0.3) is 0 Å². The molecule has 1 fully saturated rings. The van der Waals surface area contributed by atoms with Gasteiger partial charge < -0.3 is 10.2 Å². The third-order valence-corrected chi connectivity index (χ3v) is 9.23. The monoisotopic (exact) mass is 376 g/mol. The van der Waals surface area contributed by atoms with Crippen molar-refractivity contribution in [3.05, 3.63) is 51.7 Å². The molecule has 1 saturated carbocycles. The van der Waals surface area contributed by atoms with Crippen molar-refractivity contribution in [1.82, 2.24) is 0 Å². The molecule has 2 nitrogen and oxygen atoms in total. The zero-order valence-corrected chi connectivity index (χ0v) is 16.9. The van der Waals surface area contributed by atoms with Gasteiger partial charge in [-0.05, 0) is 71.8 Å². The smallest absolute Gasteiger partial charge is 0.0549 e. The number of aryl methyl sites for hydroxylation is 1. The van der Waals surface area contributed by atoms with Crippen molar-refractivity contribution in [3.63, 3.8) is 0 Å². The summed E-state index contributed by atoms with van der Waals surface area (Å²) in [6.45, 7) is 4.75. The summed E-state index contributed by atoms with van der Waals surface area (Å²) in [5.41, 5.74) is 3.28. The molecule has 25 heavy (non-hydrogen) atoms. The van der Waals surface area contributed by atoms with Crippen LogP contribution in [0.4, 0.5) is 0 Å². The molecule has 3 rings (SSSR count). The van der Waals surface area contributed by atoms with Crippen molar-refractivity contribution in [2.75, 3.05) is 13.3 Å². The normalized spacial score (nSPS) is 25.0. The van der Waals surface area contributed by atoms with Gasteiger partial charge in [-0.25, -0.2) is 0 Å². The second-order valence-electron chi connectivity index (χ2n) is 7.25. The Hall–Kier alpha value is -0.730. The van der Waals surface area contributed by atoms with Gasteiger partial charge >= 0.3 is 0 Å². The number of benzene rings is 1. The molecule has 136 valence electrons. The first-order chi connectivity index (χ1) is 12.1. The standard InChI is InChI=1S/C21H29O2PS/c1-3-15-4-6-16(7-5-15)12-21-20(8-9-25-21)24(2)19-11-17(14-22)10-18(23)13-19/h4-9,17-19,22-23H,3,10-14H2,1-2H3. The molecule has 1 aliphatic rings. The van der Waals surface area contributed by atoms with Crippen LogP contribution in [0.5, 0.6) is 0 Å². The van der Waals surface area contributed by atoms with Crippen LogP contribution in [0.15, 0.2) is 35.7 Å². The first kappa shape index (κ1) is 19.0. The predicted molar refractivity (Wildman–Crippen MR) is 110 cm³/mol. The number of thiophene rings is 1. The van der Waals surface area contributed by atoms with Gasteiger partial charge in [0, 0.05) is 17.9 Å². The van der Waals surface area contributed by atoms with Crippen molar-refractivity contribution >= 4 is 24.6 Å². The summed E-state index contributed by atoms with van der Waals surface area (Å²) in [6.07, 6.45) is 4.54. The SMILES string of the molecule is CCc1ccc(Cc2sccc2P(C)C2CC(O)CC(CO)C2)cc1. The average Bonchev–Trinajstić information content (AvgIpc) is 3.09. The van der Waals surface area contributed by atoms with Gasteiger partial charge in [0.05, 0.1) is 6.10 Å². The Kier molecular flexibility index (Phi) is 6.68. The van der Waals surface area contributed by atoms with Gasteiger partial charge in [-0.3, -0.25) is 0 Å². The van der Waals surface area contributed by atoms with Crippen molar-refractivity contribution in [2.24, 2.45) is 5.92 Å². The lowest BCUT2D eigenvalue weighted by Crippen LogP contribution is -2.32. The zero-order valence-electron chi connectivity index (χ0n) is 15.2. The van der Waals surface area contributed by atoms with Gasteiger partial charge in [-0.1, -0.05) is 39.1 Å². The second-order valence-corrected chi connectivity index (χ2v) is 10.7. The molecule has 0 spiro atoms. The number of hydrogen-bond acceptors (Lipinski definition) is 3. The van der Waals surface area contributed by atoms with Crippen molar-refractivity contribution in [3.8, 4) is 0 Å². The molecule has 1 aromatic heterocycles. The fraction of sp³-hybridized carbons (Fsp3) is 0.524. The maximum atomic E-state index is 10.2. The molecule has 4 heteroatoms.